The molecule has 1 aromatic heterocycles. The first-order valence-electron chi connectivity index (χ1n) is 7.75. The highest BCUT2D eigenvalue weighted by Gasteiger charge is 2.16. The monoisotopic (exact) mass is 347 g/mol. The zero-order chi connectivity index (χ0) is 17.5. The summed E-state index contributed by atoms with van der Waals surface area (Å²) in [7, 11) is 0. The summed E-state index contributed by atoms with van der Waals surface area (Å²) in [5.74, 6) is -0.203. The van der Waals surface area contributed by atoms with Crippen LogP contribution in [0.4, 0.5) is 10.5 Å². The molecular formula is C16H21N5O2S. The maximum absolute atomic E-state index is 12.0. The Morgan fingerprint density at radius 3 is 2.46 bits per heavy atom. The van der Waals surface area contributed by atoms with Crippen molar-refractivity contribution >= 4 is 29.2 Å². The summed E-state index contributed by atoms with van der Waals surface area (Å²) >= 11 is 1.29. The molecule has 0 unspecified atom stereocenters. The van der Waals surface area contributed by atoms with Crippen molar-refractivity contribution in [2.24, 2.45) is 0 Å². The molecule has 0 radical (unpaired) electrons. The number of nitrogens with one attached hydrogen (secondary N) is 3. The highest BCUT2D eigenvalue weighted by atomic mass is 32.1. The van der Waals surface area contributed by atoms with Gasteiger partial charge in [0.15, 0.2) is 0 Å². The summed E-state index contributed by atoms with van der Waals surface area (Å²) in [6, 6.07) is 6.30. The molecule has 24 heavy (non-hydrogen) atoms. The Balaban J connectivity index is 1.87. The molecule has 0 aliphatic heterocycles. The van der Waals surface area contributed by atoms with Crippen LogP contribution in [0.3, 0.4) is 0 Å². The molecule has 3 amide bonds. The number of carbonyl (C=O) groups is 2. The van der Waals surface area contributed by atoms with Gasteiger partial charge >= 0.3 is 6.03 Å². The van der Waals surface area contributed by atoms with E-state index in [0.717, 1.165) is 17.7 Å². The van der Waals surface area contributed by atoms with Crippen molar-refractivity contribution < 1.29 is 9.59 Å². The number of hydrogen-bond donors (Lipinski definition) is 3. The molecule has 7 nitrogen and oxygen atoms in total. The number of hydrogen-bond acceptors (Lipinski definition) is 5. The van der Waals surface area contributed by atoms with Crippen molar-refractivity contribution in [2.45, 2.75) is 39.3 Å². The number of anilines is 1. The predicted molar refractivity (Wildman–Crippen MR) is 94.9 cm³/mol. The van der Waals surface area contributed by atoms with E-state index in [1.807, 2.05) is 31.4 Å². The van der Waals surface area contributed by atoms with Crippen LogP contribution in [0.5, 0.6) is 0 Å². The molecule has 0 spiro atoms. The predicted octanol–water partition coefficient (Wildman–Crippen LogP) is 2.63. The molecule has 2 aromatic rings. The number of carbonyl (C=O) groups excluding carboxylic acids is 2. The minimum Gasteiger partial charge on any atom is -0.352 e. The van der Waals surface area contributed by atoms with Gasteiger partial charge in [0.25, 0.3) is 0 Å². The van der Waals surface area contributed by atoms with Crippen molar-refractivity contribution in [3.8, 4) is 11.3 Å². The quantitative estimate of drug-likeness (QED) is 0.748. The van der Waals surface area contributed by atoms with Gasteiger partial charge in [-0.15, -0.1) is 5.10 Å². The third-order valence-corrected chi connectivity index (χ3v) is 4.05. The summed E-state index contributed by atoms with van der Waals surface area (Å²) < 4.78 is 3.82. The SMILES string of the molecule is CC[C@H](C)NC(=O)[C@H](C)NC(=O)Nc1ccc(-c2csnn2)cc1. The average Bonchev–Trinajstić information content (AvgIpc) is 3.09. The second-order valence-corrected chi connectivity index (χ2v) is 6.12. The van der Waals surface area contributed by atoms with Gasteiger partial charge < -0.3 is 16.0 Å². The largest absolute Gasteiger partial charge is 0.352 e. The molecular weight excluding hydrogens is 326 g/mol. The molecule has 0 saturated heterocycles. The Bertz CT molecular complexity index is 672. The smallest absolute Gasteiger partial charge is 0.319 e. The Kier molecular flexibility index (Phi) is 6.25. The minimum absolute atomic E-state index is 0.0811. The van der Waals surface area contributed by atoms with Crippen molar-refractivity contribution in [3.05, 3.63) is 29.6 Å². The second-order valence-electron chi connectivity index (χ2n) is 5.51. The fourth-order valence-corrected chi connectivity index (χ4v) is 2.38. The maximum Gasteiger partial charge on any atom is 0.319 e. The molecule has 0 bridgehead atoms. The van der Waals surface area contributed by atoms with E-state index in [1.165, 1.54) is 11.5 Å². The summed E-state index contributed by atoms with van der Waals surface area (Å²) in [6.07, 6.45) is 0.839. The van der Waals surface area contributed by atoms with Gasteiger partial charge in [-0.05, 0) is 43.9 Å². The lowest BCUT2D eigenvalue weighted by molar-refractivity contribution is -0.123. The summed E-state index contributed by atoms with van der Waals surface area (Å²) in [6.45, 7) is 5.56. The average molecular weight is 347 g/mol. The second kappa shape index (κ2) is 8.39. The highest BCUT2D eigenvalue weighted by molar-refractivity contribution is 7.03. The van der Waals surface area contributed by atoms with E-state index in [4.69, 9.17) is 0 Å². The number of aromatic nitrogens is 2. The Hall–Kier alpha value is -2.48. The maximum atomic E-state index is 12.0. The van der Waals surface area contributed by atoms with Crippen LogP contribution in [0, 0.1) is 0 Å². The Labute approximate surface area is 145 Å². The van der Waals surface area contributed by atoms with Gasteiger partial charge in [0.1, 0.15) is 11.7 Å². The van der Waals surface area contributed by atoms with Crippen LogP contribution in [-0.2, 0) is 4.79 Å². The number of nitrogens with zero attached hydrogens (tertiary/aromatic N) is 2. The molecule has 0 saturated carbocycles. The molecule has 128 valence electrons. The van der Waals surface area contributed by atoms with Crippen molar-refractivity contribution in [1.29, 1.82) is 0 Å². The fraction of sp³-hybridized carbons (Fsp3) is 0.375. The first-order chi connectivity index (χ1) is 11.5. The Morgan fingerprint density at radius 1 is 1.17 bits per heavy atom. The molecule has 8 heteroatoms. The molecule has 1 aromatic carbocycles. The van der Waals surface area contributed by atoms with Crippen molar-refractivity contribution in [3.63, 3.8) is 0 Å². The molecule has 0 fully saturated rings. The van der Waals surface area contributed by atoms with Crippen LogP contribution in [0.25, 0.3) is 11.3 Å². The molecule has 0 aliphatic carbocycles. The van der Waals surface area contributed by atoms with Gasteiger partial charge in [0, 0.05) is 22.7 Å². The first kappa shape index (κ1) is 17.9. The summed E-state index contributed by atoms with van der Waals surface area (Å²) in [5.41, 5.74) is 2.36. The number of benzene rings is 1. The standard InChI is InChI=1S/C16H21N5O2S/c1-4-10(2)17-15(22)11(3)18-16(23)19-13-7-5-12(6-8-13)14-9-24-21-20-14/h5-11H,4H2,1-3H3,(H,17,22)(H2,18,19,23)/t10-,11-/m0/s1. The van der Waals surface area contributed by atoms with Gasteiger partial charge in [0.2, 0.25) is 5.91 Å². The molecule has 0 aliphatic rings. The van der Waals surface area contributed by atoms with Crippen LogP contribution in [0.2, 0.25) is 0 Å². The van der Waals surface area contributed by atoms with Crippen molar-refractivity contribution in [1.82, 2.24) is 20.2 Å². The van der Waals surface area contributed by atoms with E-state index in [0.29, 0.717) is 5.69 Å². The van der Waals surface area contributed by atoms with Crippen LogP contribution in [0.15, 0.2) is 29.6 Å². The lowest BCUT2D eigenvalue weighted by Gasteiger charge is -2.17. The topological polar surface area (TPSA) is 96.0 Å². The minimum atomic E-state index is -0.612. The lowest BCUT2D eigenvalue weighted by Crippen LogP contribution is -2.48. The molecule has 3 N–H and O–H groups in total. The number of rotatable bonds is 6. The van der Waals surface area contributed by atoms with Gasteiger partial charge in [-0.2, -0.15) is 0 Å². The summed E-state index contributed by atoms with van der Waals surface area (Å²) in [4.78, 5) is 23.9. The van der Waals surface area contributed by atoms with E-state index in [2.05, 4.69) is 25.5 Å². The van der Waals surface area contributed by atoms with Crippen LogP contribution < -0.4 is 16.0 Å². The van der Waals surface area contributed by atoms with Crippen molar-refractivity contribution in [2.75, 3.05) is 5.32 Å². The fourth-order valence-electron chi connectivity index (χ4n) is 1.91. The van der Waals surface area contributed by atoms with Gasteiger partial charge in [-0.3, -0.25) is 4.79 Å². The van der Waals surface area contributed by atoms with E-state index in [1.54, 1.807) is 19.1 Å². The normalized spacial score (nSPS) is 13.0. The molecule has 2 rings (SSSR count). The number of urea groups is 1. The molecule has 2 atom stereocenters. The van der Waals surface area contributed by atoms with E-state index in [9.17, 15) is 9.59 Å². The zero-order valence-corrected chi connectivity index (χ0v) is 14.7. The van der Waals surface area contributed by atoms with Gasteiger partial charge in [-0.1, -0.05) is 23.5 Å². The molecule has 1 heterocycles. The van der Waals surface area contributed by atoms with Gasteiger partial charge in [-0.25, -0.2) is 4.79 Å². The highest BCUT2D eigenvalue weighted by Crippen LogP contribution is 2.19. The first-order valence-corrected chi connectivity index (χ1v) is 8.58. The van der Waals surface area contributed by atoms with E-state index >= 15 is 0 Å². The third-order valence-electron chi connectivity index (χ3n) is 3.54. The van der Waals surface area contributed by atoms with E-state index in [-0.39, 0.29) is 11.9 Å². The zero-order valence-electron chi connectivity index (χ0n) is 13.9. The number of amides is 3. The lowest BCUT2D eigenvalue weighted by atomic mass is 10.1. The van der Waals surface area contributed by atoms with Crippen LogP contribution in [0.1, 0.15) is 27.2 Å². The van der Waals surface area contributed by atoms with Gasteiger partial charge in [0.05, 0.1) is 0 Å². The Morgan fingerprint density at radius 2 is 1.88 bits per heavy atom. The van der Waals surface area contributed by atoms with E-state index < -0.39 is 12.1 Å². The van der Waals surface area contributed by atoms with Crippen LogP contribution >= 0.6 is 11.5 Å². The third kappa shape index (κ3) is 5.02. The summed E-state index contributed by atoms with van der Waals surface area (Å²) in [5, 5.41) is 14.0. The van der Waals surface area contributed by atoms with Crippen LogP contribution in [-0.4, -0.2) is 33.6 Å².